The maximum Gasteiger partial charge on any atom is 0.423 e. The van der Waals surface area contributed by atoms with Gasteiger partial charge in [-0.2, -0.15) is 31.4 Å². The van der Waals surface area contributed by atoms with Crippen molar-refractivity contribution in [2.75, 3.05) is 43.6 Å². The SMILES string of the molecule is COc1ccc(Cn2ncc(N[C@@H](C)CO[C@@H]3CCN(C4CCN(c5ncc(C(F)(F)F)cn5)CC4C(N)=O)C3=O)c(C(F)(F)F)c2=O)cc1. The lowest BCUT2D eigenvalue weighted by atomic mass is 9.90. The third kappa shape index (κ3) is 8.09. The minimum Gasteiger partial charge on any atom is -0.497 e. The number of nitrogens with one attached hydrogen (secondary N) is 1. The predicted octanol–water partition coefficient (Wildman–Crippen LogP) is 2.93. The Morgan fingerprint density at radius 1 is 1.02 bits per heavy atom. The van der Waals surface area contributed by atoms with Gasteiger partial charge in [-0.15, -0.1) is 0 Å². The van der Waals surface area contributed by atoms with Gasteiger partial charge in [0.1, 0.15) is 17.4 Å². The minimum absolute atomic E-state index is 0.0170. The van der Waals surface area contributed by atoms with Crippen LogP contribution in [0.4, 0.5) is 38.0 Å². The van der Waals surface area contributed by atoms with E-state index in [1.54, 1.807) is 24.3 Å². The van der Waals surface area contributed by atoms with Crippen LogP contribution in [0.25, 0.3) is 0 Å². The van der Waals surface area contributed by atoms with Gasteiger partial charge in [-0.05, 0) is 31.0 Å². The number of carbonyl (C=O) groups is 2. The minimum atomic E-state index is -5.00. The molecule has 0 saturated carbocycles. The molecule has 2 amide bonds. The number of hydrogen-bond donors (Lipinski definition) is 2. The molecule has 50 heavy (non-hydrogen) atoms. The first kappa shape index (κ1) is 36.3. The topological polar surface area (TPSA) is 158 Å². The summed E-state index contributed by atoms with van der Waals surface area (Å²) in [6.45, 7) is 1.51. The zero-order chi connectivity index (χ0) is 36.4. The maximum absolute atomic E-state index is 14.1. The van der Waals surface area contributed by atoms with Gasteiger partial charge in [0.05, 0.1) is 43.6 Å². The largest absolute Gasteiger partial charge is 0.497 e. The van der Waals surface area contributed by atoms with Crippen LogP contribution in [0.2, 0.25) is 0 Å². The Morgan fingerprint density at radius 2 is 1.70 bits per heavy atom. The molecule has 0 radical (unpaired) electrons. The van der Waals surface area contributed by atoms with Crippen LogP contribution in [0, 0.1) is 5.92 Å². The molecule has 0 bridgehead atoms. The van der Waals surface area contributed by atoms with Crippen LogP contribution in [-0.4, -0.2) is 88.0 Å². The van der Waals surface area contributed by atoms with Crippen LogP contribution in [0.5, 0.6) is 5.75 Å². The standard InChI is InChI=1S/C31H34F6N8O5/c1-17(42-22-13-41-45(28(48)25(22)31(35,36)37)14-18-3-5-20(49-2)6-4-18)16-50-24-8-10-44(27(24)47)23-7-9-43(15-21(23)26(38)46)29-39-11-19(12-40-29)30(32,33)34/h3-6,11-13,17,21,23-24,42H,7-10,14-16H2,1-2H3,(H2,38,46)/t17-,21?,23?,24+/m0/s1. The molecule has 19 heteroatoms. The number of nitrogens with zero attached hydrogens (tertiary/aromatic N) is 6. The molecule has 4 heterocycles. The number of methoxy groups -OCH3 is 1. The number of primary amides is 1. The molecule has 0 spiro atoms. The van der Waals surface area contributed by atoms with Gasteiger partial charge in [-0.25, -0.2) is 14.6 Å². The van der Waals surface area contributed by atoms with E-state index < -0.39 is 70.6 Å². The van der Waals surface area contributed by atoms with Crippen molar-refractivity contribution >= 4 is 23.5 Å². The van der Waals surface area contributed by atoms with Crippen molar-refractivity contribution in [2.45, 2.75) is 56.9 Å². The molecule has 3 N–H and O–H groups in total. The average Bonchev–Trinajstić information content (AvgIpc) is 3.43. The van der Waals surface area contributed by atoms with Crippen LogP contribution < -0.4 is 26.2 Å². The summed E-state index contributed by atoms with van der Waals surface area (Å²) >= 11 is 0. The van der Waals surface area contributed by atoms with Crippen molar-refractivity contribution in [3.8, 4) is 5.75 Å². The fourth-order valence-electron chi connectivity index (χ4n) is 6.02. The molecule has 1 aromatic carbocycles. The summed E-state index contributed by atoms with van der Waals surface area (Å²) in [7, 11) is 1.47. The molecular formula is C31H34F6N8O5. The van der Waals surface area contributed by atoms with E-state index in [4.69, 9.17) is 15.2 Å². The molecule has 2 saturated heterocycles. The molecule has 0 aliphatic carbocycles. The molecule has 3 aromatic rings. The van der Waals surface area contributed by atoms with Gasteiger partial charge in [0, 0.05) is 50.5 Å². The smallest absolute Gasteiger partial charge is 0.423 e. The summed E-state index contributed by atoms with van der Waals surface area (Å²) in [6, 6.07) is 5.01. The van der Waals surface area contributed by atoms with E-state index in [1.165, 1.54) is 23.8 Å². The molecule has 5 rings (SSSR count). The number of halogens is 6. The van der Waals surface area contributed by atoms with Gasteiger partial charge in [-0.1, -0.05) is 12.1 Å². The summed E-state index contributed by atoms with van der Waals surface area (Å²) < 4.78 is 92.6. The van der Waals surface area contributed by atoms with E-state index >= 15 is 0 Å². The number of aromatic nitrogens is 4. The molecular weight excluding hydrogens is 678 g/mol. The first-order valence-corrected chi connectivity index (χ1v) is 15.5. The van der Waals surface area contributed by atoms with E-state index in [0.29, 0.717) is 28.4 Å². The van der Waals surface area contributed by atoms with Crippen molar-refractivity contribution in [1.29, 1.82) is 0 Å². The highest BCUT2D eigenvalue weighted by Crippen LogP contribution is 2.33. The van der Waals surface area contributed by atoms with Crippen molar-refractivity contribution in [2.24, 2.45) is 11.7 Å². The number of benzene rings is 1. The van der Waals surface area contributed by atoms with Gasteiger partial charge in [0.15, 0.2) is 0 Å². The Balaban J connectivity index is 1.20. The number of likely N-dealkylation sites (tertiary alicyclic amines) is 1. The van der Waals surface area contributed by atoms with Crippen LogP contribution in [0.1, 0.15) is 36.5 Å². The molecule has 2 aliphatic heterocycles. The zero-order valence-corrected chi connectivity index (χ0v) is 26.9. The number of nitrogens with two attached hydrogens (primary N) is 1. The number of rotatable bonds is 11. The number of carbonyl (C=O) groups excluding carboxylic acids is 2. The number of alkyl halides is 6. The van der Waals surface area contributed by atoms with Crippen LogP contribution >= 0.6 is 0 Å². The molecule has 2 aromatic heterocycles. The summed E-state index contributed by atoms with van der Waals surface area (Å²) in [4.78, 5) is 49.3. The maximum atomic E-state index is 14.1. The first-order chi connectivity index (χ1) is 23.6. The first-order valence-electron chi connectivity index (χ1n) is 15.5. The quantitative estimate of drug-likeness (QED) is 0.284. The highest BCUT2D eigenvalue weighted by molar-refractivity contribution is 5.85. The third-order valence-corrected chi connectivity index (χ3v) is 8.55. The van der Waals surface area contributed by atoms with E-state index in [9.17, 15) is 40.7 Å². The molecule has 270 valence electrons. The van der Waals surface area contributed by atoms with Gasteiger partial charge >= 0.3 is 12.4 Å². The molecule has 13 nitrogen and oxygen atoms in total. The van der Waals surface area contributed by atoms with E-state index in [-0.39, 0.29) is 51.6 Å². The highest BCUT2D eigenvalue weighted by atomic mass is 19.4. The number of anilines is 2. The van der Waals surface area contributed by atoms with E-state index in [2.05, 4.69) is 20.4 Å². The second kappa shape index (κ2) is 14.5. The lowest BCUT2D eigenvalue weighted by Gasteiger charge is -2.41. The number of piperidine rings is 1. The van der Waals surface area contributed by atoms with E-state index in [0.717, 1.165) is 6.20 Å². The molecule has 2 unspecified atom stereocenters. The second-order valence-electron chi connectivity index (χ2n) is 12.0. The van der Waals surface area contributed by atoms with Crippen LogP contribution in [0.3, 0.4) is 0 Å². The normalized spacial score (nSPS) is 20.6. The van der Waals surface area contributed by atoms with Crippen LogP contribution in [0.15, 0.2) is 47.7 Å². The Kier molecular flexibility index (Phi) is 10.5. The van der Waals surface area contributed by atoms with Gasteiger partial charge in [0.2, 0.25) is 11.9 Å². The van der Waals surface area contributed by atoms with Gasteiger partial charge in [0.25, 0.3) is 11.5 Å². The van der Waals surface area contributed by atoms with E-state index in [1.807, 2.05) is 0 Å². The van der Waals surface area contributed by atoms with Gasteiger partial charge in [-0.3, -0.25) is 14.4 Å². The Bertz CT molecular complexity index is 1740. The Morgan fingerprint density at radius 3 is 2.30 bits per heavy atom. The molecule has 2 aliphatic rings. The van der Waals surface area contributed by atoms with Gasteiger partial charge < -0.3 is 30.3 Å². The lowest BCUT2D eigenvalue weighted by molar-refractivity contribution is -0.142. The van der Waals surface area contributed by atoms with Crippen molar-refractivity contribution < 1.29 is 45.4 Å². The number of hydrogen-bond acceptors (Lipinski definition) is 10. The summed E-state index contributed by atoms with van der Waals surface area (Å²) in [5.41, 5.74) is 1.86. The fraction of sp³-hybridized carbons (Fsp3) is 0.484. The summed E-state index contributed by atoms with van der Waals surface area (Å²) in [5, 5.41) is 6.56. The summed E-state index contributed by atoms with van der Waals surface area (Å²) in [6.07, 6.45) is -7.89. The zero-order valence-electron chi connectivity index (χ0n) is 26.9. The molecule has 4 atom stereocenters. The van der Waals surface area contributed by atoms with Crippen LogP contribution in [-0.2, 0) is 33.2 Å². The van der Waals surface area contributed by atoms with Crippen molar-refractivity contribution in [3.05, 3.63) is 69.9 Å². The predicted molar refractivity (Wildman–Crippen MR) is 165 cm³/mol. The fourth-order valence-corrected chi connectivity index (χ4v) is 6.02. The Hall–Kier alpha value is -4.94. The molecule has 2 fully saturated rings. The van der Waals surface area contributed by atoms with Crippen molar-refractivity contribution in [3.63, 3.8) is 0 Å². The average molecular weight is 713 g/mol. The number of ether oxygens (including phenoxy) is 2. The monoisotopic (exact) mass is 712 g/mol. The van der Waals surface area contributed by atoms with Crippen molar-refractivity contribution in [1.82, 2.24) is 24.6 Å². The second-order valence-corrected chi connectivity index (χ2v) is 12.0. The summed E-state index contributed by atoms with van der Waals surface area (Å²) in [5.74, 6) is -1.53. The lowest BCUT2D eigenvalue weighted by Crippen LogP contribution is -2.56. The number of amides is 2. The highest BCUT2D eigenvalue weighted by Gasteiger charge is 2.44. The Labute approximate surface area is 281 Å². The third-order valence-electron chi connectivity index (χ3n) is 8.55.